The van der Waals surface area contributed by atoms with Gasteiger partial charge in [0, 0.05) is 6.42 Å². The molecule has 2 heterocycles. The third-order valence-corrected chi connectivity index (χ3v) is 6.53. The van der Waals surface area contributed by atoms with E-state index in [4.69, 9.17) is 9.47 Å². The summed E-state index contributed by atoms with van der Waals surface area (Å²) < 4.78 is 13.6. The molecule has 1 N–H and O–H groups in total. The first kappa shape index (κ1) is 23.2. The fourth-order valence-electron chi connectivity index (χ4n) is 3.88. The molecule has 1 atom stereocenters. The summed E-state index contributed by atoms with van der Waals surface area (Å²) in [5, 5.41) is 12.4. The van der Waals surface area contributed by atoms with Gasteiger partial charge < -0.3 is 14.8 Å². The molecule has 174 valence electrons. The Morgan fingerprint density at radius 1 is 1.09 bits per heavy atom. The van der Waals surface area contributed by atoms with Crippen LogP contribution < -0.4 is 14.8 Å². The van der Waals surface area contributed by atoms with Crippen LogP contribution in [0, 0.1) is 19.8 Å². The Kier molecular flexibility index (Phi) is 7.23. The van der Waals surface area contributed by atoms with Gasteiger partial charge in [0.05, 0.1) is 30.7 Å². The summed E-state index contributed by atoms with van der Waals surface area (Å²) in [5.74, 6) is 2.69. The van der Waals surface area contributed by atoms with Crippen LogP contribution >= 0.6 is 11.8 Å². The van der Waals surface area contributed by atoms with Gasteiger partial charge in [-0.05, 0) is 49.1 Å². The van der Waals surface area contributed by atoms with Gasteiger partial charge in [-0.1, -0.05) is 49.9 Å². The Bertz CT molecular complexity index is 1130. The van der Waals surface area contributed by atoms with Gasteiger partial charge in [-0.3, -0.25) is 9.36 Å². The van der Waals surface area contributed by atoms with Crippen molar-refractivity contribution in [2.24, 2.45) is 5.92 Å². The summed E-state index contributed by atoms with van der Waals surface area (Å²) in [6, 6.07) is 13.9. The van der Waals surface area contributed by atoms with E-state index in [0.717, 1.165) is 40.6 Å². The lowest BCUT2D eigenvalue weighted by molar-refractivity contribution is -0.119. The van der Waals surface area contributed by atoms with E-state index in [1.807, 2.05) is 47.9 Å². The van der Waals surface area contributed by atoms with Crippen LogP contribution in [0.15, 0.2) is 47.6 Å². The lowest BCUT2D eigenvalue weighted by Gasteiger charge is -2.24. The van der Waals surface area contributed by atoms with Crippen molar-refractivity contribution in [3.05, 3.63) is 59.4 Å². The molecule has 1 aliphatic rings. The summed E-state index contributed by atoms with van der Waals surface area (Å²) in [6.07, 6.45) is 0.859. The normalized spacial score (nSPS) is 14.1. The molecular formula is C25H30N4O3S. The molecule has 7 nitrogen and oxygen atoms in total. The summed E-state index contributed by atoms with van der Waals surface area (Å²) in [4.78, 5) is 12.9. The predicted octanol–water partition coefficient (Wildman–Crippen LogP) is 4.65. The van der Waals surface area contributed by atoms with E-state index in [9.17, 15) is 4.79 Å². The smallest absolute Gasteiger partial charge is 0.230 e. The standard InChI is InChI=1S/C25H30N4O3S/c1-16(2)24(19-10-11-21-22(14-19)32-13-7-12-31-21)26-23(30)15-33-25-28-27-18(4)29(25)20-9-6-5-8-17(20)3/h5-6,8-11,14,16,24H,7,12-13,15H2,1-4H3,(H,26,30). The van der Waals surface area contributed by atoms with E-state index in [0.29, 0.717) is 18.4 Å². The third-order valence-electron chi connectivity index (χ3n) is 5.60. The van der Waals surface area contributed by atoms with Crippen LogP contribution in [-0.2, 0) is 4.79 Å². The van der Waals surface area contributed by atoms with E-state index < -0.39 is 0 Å². The van der Waals surface area contributed by atoms with Crippen LogP contribution in [0.1, 0.15) is 43.3 Å². The minimum absolute atomic E-state index is 0.0530. The number of hydrogen-bond donors (Lipinski definition) is 1. The Labute approximate surface area is 198 Å². The molecule has 0 bridgehead atoms. The van der Waals surface area contributed by atoms with Gasteiger partial charge in [0.1, 0.15) is 5.82 Å². The van der Waals surface area contributed by atoms with Gasteiger partial charge >= 0.3 is 0 Å². The number of ether oxygens (including phenoxy) is 2. The Hall–Kier alpha value is -3.00. The van der Waals surface area contributed by atoms with Crippen molar-refractivity contribution >= 4 is 17.7 Å². The van der Waals surface area contributed by atoms with Gasteiger partial charge in [0.15, 0.2) is 16.7 Å². The van der Waals surface area contributed by atoms with Gasteiger partial charge in [-0.25, -0.2) is 0 Å². The number of carbonyl (C=O) groups excluding carboxylic acids is 1. The maximum Gasteiger partial charge on any atom is 0.230 e. The van der Waals surface area contributed by atoms with Gasteiger partial charge in [0.2, 0.25) is 5.91 Å². The summed E-state index contributed by atoms with van der Waals surface area (Å²) >= 11 is 1.39. The molecular weight excluding hydrogens is 436 g/mol. The van der Waals surface area contributed by atoms with Crippen molar-refractivity contribution in [1.29, 1.82) is 0 Å². The Morgan fingerprint density at radius 2 is 1.85 bits per heavy atom. The van der Waals surface area contributed by atoms with Crippen molar-refractivity contribution in [3.8, 4) is 17.2 Å². The van der Waals surface area contributed by atoms with Crippen LogP contribution in [0.3, 0.4) is 0 Å². The van der Waals surface area contributed by atoms with E-state index in [-0.39, 0.29) is 23.6 Å². The van der Waals surface area contributed by atoms with Crippen molar-refractivity contribution in [2.75, 3.05) is 19.0 Å². The van der Waals surface area contributed by atoms with Crippen LogP contribution in [0.5, 0.6) is 11.5 Å². The zero-order valence-electron chi connectivity index (χ0n) is 19.5. The number of hydrogen-bond acceptors (Lipinski definition) is 6. The van der Waals surface area contributed by atoms with Crippen LogP contribution in [0.2, 0.25) is 0 Å². The second kappa shape index (κ2) is 10.3. The van der Waals surface area contributed by atoms with E-state index >= 15 is 0 Å². The van der Waals surface area contributed by atoms with Gasteiger partial charge in [-0.15, -0.1) is 10.2 Å². The van der Waals surface area contributed by atoms with Crippen LogP contribution in [0.25, 0.3) is 5.69 Å². The Morgan fingerprint density at radius 3 is 2.61 bits per heavy atom. The number of amides is 1. The number of aromatic nitrogens is 3. The zero-order chi connectivity index (χ0) is 23.4. The highest BCUT2D eigenvalue weighted by molar-refractivity contribution is 7.99. The number of rotatable bonds is 7. The number of benzene rings is 2. The molecule has 3 aromatic rings. The molecule has 33 heavy (non-hydrogen) atoms. The number of carbonyl (C=O) groups is 1. The minimum atomic E-state index is -0.133. The summed E-state index contributed by atoms with van der Waals surface area (Å²) in [5.41, 5.74) is 3.16. The van der Waals surface area contributed by atoms with Crippen molar-refractivity contribution in [2.45, 2.75) is 45.3 Å². The average Bonchev–Trinajstić information content (AvgIpc) is 3.01. The quantitative estimate of drug-likeness (QED) is 0.511. The minimum Gasteiger partial charge on any atom is -0.490 e. The van der Waals surface area contributed by atoms with Crippen molar-refractivity contribution in [3.63, 3.8) is 0 Å². The number of thioether (sulfide) groups is 1. The topological polar surface area (TPSA) is 78.3 Å². The number of para-hydroxylation sites is 1. The van der Waals surface area contributed by atoms with E-state index in [1.54, 1.807) is 0 Å². The first-order valence-corrected chi connectivity index (χ1v) is 12.2. The highest BCUT2D eigenvalue weighted by Gasteiger charge is 2.22. The number of nitrogens with zero attached hydrogens (tertiary/aromatic N) is 3. The maximum absolute atomic E-state index is 12.9. The average molecular weight is 467 g/mol. The predicted molar refractivity (Wildman–Crippen MR) is 129 cm³/mol. The molecule has 1 aromatic heterocycles. The SMILES string of the molecule is Cc1ccccc1-n1c(C)nnc1SCC(=O)NC(c1ccc2c(c1)OCCCO2)C(C)C. The third kappa shape index (κ3) is 5.33. The molecule has 1 unspecified atom stereocenters. The van der Waals surface area contributed by atoms with Gasteiger partial charge in [0.25, 0.3) is 0 Å². The highest BCUT2D eigenvalue weighted by Crippen LogP contribution is 2.34. The molecule has 0 aliphatic carbocycles. The molecule has 2 aromatic carbocycles. The molecule has 0 fully saturated rings. The van der Waals surface area contributed by atoms with Crippen LogP contribution in [0.4, 0.5) is 0 Å². The Balaban J connectivity index is 1.46. The summed E-state index contributed by atoms with van der Waals surface area (Å²) in [7, 11) is 0. The molecule has 4 rings (SSSR count). The largest absolute Gasteiger partial charge is 0.490 e. The molecule has 0 saturated carbocycles. The lowest BCUT2D eigenvalue weighted by atomic mass is 9.95. The molecule has 0 saturated heterocycles. The van der Waals surface area contributed by atoms with Crippen LogP contribution in [-0.4, -0.2) is 39.6 Å². The molecule has 8 heteroatoms. The number of nitrogens with one attached hydrogen (secondary N) is 1. The first-order chi connectivity index (χ1) is 15.9. The number of fused-ring (bicyclic) bond motifs is 1. The van der Waals surface area contributed by atoms with Crippen molar-refractivity contribution < 1.29 is 14.3 Å². The summed E-state index contributed by atoms with van der Waals surface area (Å²) in [6.45, 7) is 9.45. The van der Waals surface area contributed by atoms with E-state index in [1.165, 1.54) is 11.8 Å². The highest BCUT2D eigenvalue weighted by atomic mass is 32.2. The molecule has 1 aliphatic heterocycles. The molecule has 0 radical (unpaired) electrons. The van der Waals surface area contributed by atoms with Gasteiger partial charge in [-0.2, -0.15) is 0 Å². The van der Waals surface area contributed by atoms with E-state index in [2.05, 4.69) is 42.4 Å². The van der Waals surface area contributed by atoms with Crippen molar-refractivity contribution in [1.82, 2.24) is 20.1 Å². The second-order valence-electron chi connectivity index (χ2n) is 8.49. The first-order valence-electron chi connectivity index (χ1n) is 11.2. The molecule has 0 spiro atoms. The lowest BCUT2D eigenvalue weighted by Crippen LogP contribution is -2.33. The number of aryl methyl sites for hydroxylation is 2. The zero-order valence-corrected chi connectivity index (χ0v) is 20.3. The fourth-order valence-corrected chi connectivity index (χ4v) is 4.68. The monoisotopic (exact) mass is 466 g/mol. The molecule has 1 amide bonds. The second-order valence-corrected chi connectivity index (χ2v) is 9.43. The maximum atomic E-state index is 12.9. The fraction of sp³-hybridized carbons (Fsp3) is 0.400.